The van der Waals surface area contributed by atoms with Crippen molar-refractivity contribution in [1.29, 1.82) is 0 Å². The maximum Gasteiger partial charge on any atom is 0.106 e. The molecule has 0 spiro atoms. The number of benzene rings is 1. The van der Waals surface area contributed by atoms with Crippen LogP contribution in [0, 0.1) is 0 Å². The molecule has 1 fully saturated rings. The molecule has 19 heavy (non-hydrogen) atoms. The van der Waals surface area contributed by atoms with Gasteiger partial charge in [0.25, 0.3) is 0 Å². The molecule has 0 saturated carbocycles. The molecule has 1 aromatic rings. The van der Waals surface area contributed by atoms with E-state index < -0.39 is 0 Å². The van der Waals surface area contributed by atoms with Crippen LogP contribution < -0.4 is 4.90 Å². The fraction of sp³-hybridized carbons (Fsp3) is 0.562. The molecule has 2 aliphatic rings. The molecule has 0 amide bonds. The number of anilines is 1. The molecule has 0 radical (unpaired) electrons. The molecule has 1 aliphatic heterocycles. The number of rotatable bonds is 2. The molecule has 0 N–H and O–H groups in total. The van der Waals surface area contributed by atoms with Gasteiger partial charge in [-0.25, -0.2) is 0 Å². The van der Waals surface area contributed by atoms with Crippen molar-refractivity contribution < 1.29 is 4.84 Å². The number of oxime groups is 1. The Labute approximate surface area is 115 Å². The van der Waals surface area contributed by atoms with Crippen molar-refractivity contribution in [3.63, 3.8) is 0 Å². The Balaban J connectivity index is 1.84. The van der Waals surface area contributed by atoms with Gasteiger partial charge in [0.2, 0.25) is 0 Å². The van der Waals surface area contributed by atoms with Gasteiger partial charge >= 0.3 is 0 Å². The molecule has 3 nitrogen and oxygen atoms in total. The minimum Gasteiger partial charge on any atom is -0.399 e. The highest BCUT2D eigenvalue weighted by atomic mass is 16.6. The van der Waals surface area contributed by atoms with Gasteiger partial charge < -0.3 is 9.74 Å². The first-order chi connectivity index (χ1) is 9.38. The van der Waals surface area contributed by atoms with Crippen molar-refractivity contribution in [3.05, 3.63) is 29.3 Å². The standard InChI is InChI=1S/C16H22N2O/c1-19-17-16-9-6-13-12-14(7-8-15(13)16)18-10-4-2-3-5-11-18/h7-8,12H,2-6,9-11H2,1H3/b17-16+. The van der Waals surface area contributed by atoms with Crippen LogP contribution in [0.4, 0.5) is 5.69 Å². The molecule has 3 rings (SSSR count). The van der Waals surface area contributed by atoms with Gasteiger partial charge in [0.1, 0.15) is 7.11 Å². The zero-order valence-corrected chi connectivity index (χ0v) is 11.7. The monoisotopic (exact) mass is 258 g/mol. The van der Waals surface area contributed by atoms with Crippen LogP contribution in [0.3, 0.4) is 0 Å². The van der Waals surface area contributed by atoms with Gasteiger partial charge in [0.05, 0.1) is 5.71 Å². The lowest BCUT2D eigenvalue weighted by Crippen LogP contribution is -2.23. The van der Waals surface area contributed by atoms with Crippen LogP contribution >= 0.6 is 0 Å². The van der Waals surface area contributed by atoms with Crippen molar-refractivity contribution in [3.8, 4) is 0 Å². The Hall–Kier alpha value is -1.51. The smallest absolute Gasteiger partial charge is 0.106 e. The Morgan fingerprint density at radius 2 is 1.84 bits per heavy atom. The molecule has 102 valence electrons. The van der Waals surface area contributed by atoms with E-state index in [1.807, 2.05) is 0 Å². The van der Waals surface area contributed by atoms with Crippen LogP contribution in [0.2, 0.25) is 0 Å². The highest BCUT2D eigenvalue weighted by Crippen LogP contribution is 2.28. The van der Waals surface area contributed by atoms with Crippen molar-refractivity contribution in [2.45, 2.75) is 38.5 Å². The van der Waals surface area contributed by atoms with E-state index >= 15 is 0 Å². The Morgan fingerprint density at radius 1 is 1.05 bits per heavy atom. The van der Waals surface area contributed by atoms with E-state index in [4.69, 9.17) is 4.84 Å². The van der Waals surface area contributed by atoms with Crippen LogP contribution in [-0.2, 0) is 11.3 Å². The fourth-order valence-electron chi connectivity index (χ4n) is 3.19. The van der Waals surface area contributed by atoms with E-state index in [2.05, 4.69) is 28.3 Å². The second-order valence-electron chi connectivity index (χ2n) is 5.46. The second-order valence-corrected chi connectivity index (χ2v) is 5.46. The predicted molar refractivity (Wildman–Crippen MR) is 79.0 cm³/mol. The van der Waals surface area contributed by atoms with E-state index in [1.54, 1.807) is 7.11 Å². The van der Waals surface area contributed by atoms with Gasteiger partial charge in [-0.05, 0) is 43.4 Å². The molecule has 1 aromatic carbocycles. The molecular formula is C16H22N2O. The number of hydrogen-bond acceptors (Lipinski definition) is 3. The third-order valence-corrected chi connectivity index (χ3v) is 4.20. The summed E-state index contributed by atoms with van der Waals surface area (Å²) >= 11 is 0. The highest BCUT2D eigenvalue weighted by molar-refractivity contribution is 6.04. The van der Waals surface area contributed by atoms with Crippen LogP contribution in [0.25, 0.3) is 0 Å². The Morgan fingerprint density at radius 3 is 2.58 bits per heavy atom. The van der Waals surface area contributed by atoms with Gasteiger partial charge in [-0.2, -0.15) is 0 Å². The minimum atomic E-state index is 1.01. The lowest BCUT2D eigenvalue weighted by molar-refractivity contribution is 0.213. The van der Waals surface area contributed by atoms with Gasteiger partial charge in [0.15, 0.2) is 0 Å². The first-order valence-corrected chi connectivity index (χ1v) is 7.37. The summed E-state index contributed by atoms with van der Waals surface area (Å²) in [5, 5.41) is 4.13. The van der Waals surface area contributed by atoms with Crippen LogP contribution in [-0.4, -0.2) is 25.9 Å². The van der Waals surface area contributed by atoms with Gasteiger partial charge in [-0.1, -0.05) is 24.1 Å². The molecule has 0 atom stereocenters. The zero-order valence-electron chi connectivity index (χ0n) is 11.7. The molecule has 1 aliphatic carbocycles. The number of aryl methyl sites for hydroxylation is 1. The maximum atomic E-state index is 4.92. The molecule has 0 bridgehead atoms. The number of hydrogen-bond donors (Lipinski definition) is 0. The van der Waals surface area contributed by atoms with Gasteiger partial charge in [-0.15, -0.1) is 0 Å². The summed E-state index contributed by atoms with van der Waals surface area (Å²) in [6.45, 7) is 2.41. The first kappa shape index (κ1) is 12.5. The molecule has 0 unspecified atom stereocenters. The first-order valence-electron chi connectivity index (χ1n) is 7.37. The molecule has 0 aromatic heterocycles. The SMILES string of the molecule is CO/N=C1\CCc2cc(N3CCCCCC3)ccc21. The van der Waals surface area contributed by atoms with Crippen molar-refractivity contribution >= 4 is 11.4 Å². The minimum absolute atomic E-state index is 1.01. The van der Waals surface area contributed by atoms with Gasteiger partial charge in [-0.3, -0.25) is 0 Å². The van der Waals surface area contributed by atoms with E-state index in [1.165, 1.54) is 55.6 Å². The van der Waals surface area contributed by atoms with Crippen molar-refractivity contribution in [2.24, 2.45) is 5.16 Å². The number of fused-ring (bicyclic) bond motifs is 1. The Kier molecular flexibility index (Phi) is 3.72. The van der Waals surface area contributed by atoms with Gasteiger partial charge in [0, 0.05) is 24.3 Å². The second kappa shape index (κ2) is 5.64. The third kappa shape index (κ3) is 2.60. The highest BCUT2D eigenvalue weighted by Gasteiger charge is 2.20. The average Bonchev–Trinajstić information content (AvgIpc) is 2.66. The molecule has 1 saturated heterocycles. The van der Waals surface area contributed by atoms with Crippen LogP contribution in [0.1, 0.15) is 43.2 Å². The average molecular weight is 258 g/mol. The summed E-state index contributed by atoms with van der Waals surface area (Å²) in [6, 6.07) is 6.83. The molecule has 1 heterocycles. The third-order valence-electron chi connectivity index (χ3n) is 4.20. The quantitative estimate of drug-likeness (QED) is 0.760. The largest absolute Gasteiger partial charge is 0.399 e. The summed E-state index contributed by atoms with van der Waals surface area (Å²) in [6.07, 6.45) is 7.52. The van der Waals surface area contributed by atoms with E-state index in [0.29, 0.717) is 0 Å². The van der Waals surface area contributed by atoms with E-state index in [9.17, 15) is 0 Å². The molecule has 3 heteroatoms. The number of nitrogens with zero attached hydrogens (tertiary/aromatic N) is 2. The molecular weight excluding hydrogens is 236 g/mol. The fourth-order valence-corrected chi connectivity index (χ4v) is 3.19. The summed E-state index contributed by atoms with van der Waals surface area (Å²) in [5.74, 6) is 0. The Bertz CT molecular complexity index is 474. The van der Waals surface area contributed by atoms with Crippen LogP contribution in [0.15, 0.2) is 23.4 Å². The van der Waals surface area contributed by atoms with Crippen molar-refractivity contribution in [2.75, 3.05) is 25.1 Å². The topological polar surface area (TPSA) is 24.8 Å². The van der Waals surface area contributed by atoms with Crippen LogP contribution in [0.5, 0.6) is 0 Å². The lowest BCUT2D eigenvalue weighted by Gasteiger charge is -2.23. The maximum absolute atomic E-state index is 4.92. The predicted octanol–water partition coefficient (Wildman–Crippen LogP) is 3.36. The summed E-state index contributed by atoms with van der Waals surface area (Å²) in [7, 11) is 1.62. The normalized spacial score (nSPS) is 21.3. The van der Waals surface area contributed by atoms with E-state index in [-0.39, 0.29) is 0 Å². The zero-order chi connectivity index (χ0) is 13.1. The summed E-state index contributed by atoms with van der Waals surface area (Å²) in [4.78, 5) is 7.46. The lowest BCUT2D eigenvalue weighted by atomic mass is 10.1. The van der Waals surface area contributed by atoms with E-state index in [0.717, 1.165) is 18.6 Å². The van der Waals surface area contributed by atoms with Crippen molar-refractivity contribution in [1.82, 2.24) is 0 Å². The summed E-state index contributed by atoms with van der Waals surface area (Å²) in [5.41, 5.74) is 5.19. The summed E-state index contributed by atoms with van der Waals surface area (Å²) < 4.78 is 0.